The largest absolute Gasteiger partial charge is 0.522 e. The maximum atomic E-state index is 11.9. The van der Waals surface area contributed by atoms with Gasteiger partial charge in [0, 0.05) is 32.2 Å². The average Bonchev–Trinajstić information content (AvgIpc) is 2.15. The van der Waals surface area contributed by atoms with Crippen LogP contribution in [0.1, 0.15) is 20.8 Å². The Bertz CT molecular complexity index is 238. The number of piperazine rings is 1. The monoisotopic (exact) mass is 254 g/mol. The third-order valence-electron chi connectivity index (χ3n) is 3.00. The zero-order valence-corrected chi connectivity index (χ0v) is 10.6. The van der Waals surface area contributed by atoms with E-state index in [-0.39, 0.29) is 18.1 Å². The first kappa shape index (κ1) is 14.7. The van der Waals surface area contributed by atoms with Crippen molar-refractivity contribution in [1.29, 1.82) is 0 Å². The van der Waals surface area contributed by atoms with Crippen molar-refractivity contribution in [3.63, 3.8) is 0 Å². The number of nitrogens with one attached hydrogen (secondary N) is 1. The average molecular weight is 254 g/mol. The minimum atomic E-state index is -4.52. The fraction of sp³-hybridized carbons (Fsp3) is 1.00. The number of alkyl halides is 3. The van der Waals surface area contributed by atoms with E-state index in [4.69, 9.17) is 0 Å². The van der Waals surface area contributed by atoms with E-state index < -0.39 is 6.36 Å². The minimum Gasteiger partial charge on any atom is -0.314 e. The molecule has 1 N–H and O–H groups in total. The molecule has 102 valence electrons. The first-order chi connectivity index (χ1) is 7.70. The lowest BCUT2D eigenvalue weighted by molar-refractivity contribution is -0.325. The molecule has 0 aromatic rings. The highest BCUT2D eigenvalue weighted by Crippen LogP contribution is 2.25. The van der Waals surface area contributed by atoms with Crippen molar-refractivity contribution < 1.29 is 17.9 Å². The SMILES string of the molecule is CC(C)(C)C1CNCCN1CCOC(F)(F)F. The van der Waals surface area contributed by atoms with Crippen LogP contribution in [0.15, 0.2) is 0 Å². The lowest BCUT2D eigenvalue weighted by atomic mass is 9.84. The summed E-state index contributed by atoms with van der Waals surface area (Å²) >= 11 is 0. The molecule has 0 aromatic carbocycles. The molecule has 0 radical (unpaired) electrons. The van der Waals surface area contributed by atoms with Gasteiger partial charge in [-0.2, -0.15) is 0 Å². The van der Waals surface area contributed by atoms with E-state index in [2.05, 4.69) is 35.7 Å². The second-order valence-corrected chi connectivity index (χ2v) is 5.42. The number of halogens is 3. The number of nitrogens with zero attached hydrogens (tertiary/aromatic N) is 1. The molecule has 0 saturated carbocycles. The number of hydrogen-bond donors (Lipinski definition) is 1. The summed E-state index contributed by atoms with van der Waals surface area (Å²) in [5, 5.41) is 3.27. The molecule has 1 saturated heterocycles. The predicted octanol–water partition coefficient (Wildman–Crippen LogP) is 1.84. The van der Waals surface area contributed by atoms with Gasteiger partial charge in [-0.1, -0.05) is 20.8 Å². The highest BCUT2D eigenvalue weighted by atomic mass is 19.4. The van der Waals surface area contributed by atoms with Crippen molar-refractivity contribution in [2.75, 3.05) is 32.8 Å². The Morgan fingerprint density at radius 3 is 2.47 bits per heavy atom. The zero-order valence-electron chi connectivity index (χ0n) is 10.6. The Kier molecular flexibility index (Phi) is 4.80. The van der Waals surface area contributed by atoms with E-state index in [1.165, 1.54) is 0 Å². The van der Waals surface area contributed by atoms with Crippen molar-refractivity contribution in [2.24, 2.45) is 5.41 Å². The maximum Gasteiger partial charge on any atom is 0.522 e. The van der Waals surface area contributed by atoms with Crippen LogP contribution in [-0.2, 0) is 4.74 Å². The smallest absolute Gasteiger partial charge is 0.314 e. The molecule has 1 atom stereocenters. The highest BCUT2D eigenvalue weighted by Gasteiger charge is 2.33. The zero-order chi connectivity index (χ0) is 13.1. The van der Waals surface area contributed by atoms with Crippen molar-refractivity contribution in [3.05, 3.63) is 0 Å². The minimum absolute atomic E-state index is 0.0473. The fourth-order valence-electron chi connectivity index (χ4n) is 2.15. The molecule has 1 aliphatic heterocycles. The lowest BCUT2D eigenvalue weighted by Crippen LogP contribution is -2.57. The summed E-state index contributed by atoms with van der Waals surface area (Å²) in [6, 6.07) is 0.244. The van der Waals surface area contributed by atoms with Gasteiger partial charge < -0.3 is 5.32 Å². The molecule has 1 aliphatic rings. The Labute approximate surface area is 100 Å². The third kappa shape index (κ3) is 5.23. The molecule has 6 heteroatoms. The molecule has 1 unspecified atom stereocenters. The summed E-state index contributed by atoms with van der Waals surface area (Å²) in [5.74, 6) is 0. The Hall–Kier alpha value is -0.330. The van der Waals surface area contributed by atoms with Gasteiger partial charge in [-0.15, -0.1) is 13.2 Å². The van der Waals surface area contributed by atoms with Gasteiger partial charge in [0.05, 0.1) is 6.61 Å². The van der Waals surface area contributed by atoms with Gasteiger partial charge in [0.2, 0.25) is 0 Å². The van der Waals surface area contributed by atoms with E-state index in [0.717, 1.165) is 19.6 Å². The van der Waals surface area contributed by atoms with Gasteiger partial charge in [0.1, 0.15) is 0 Å². The Morgan fingerprint density at radius 1 is 1.29 bits per heavy atom. The summed E-state index contributed by atoms with van der Waals surface area (Å²) < 4.78 is 39.5. The van der Waals surface area contributed by atoms with Crippen LogP contribution in [0, 0.1) is 5.41 Å². The third-order valence-corrected chi connectivity index (χ3v) is 3.00. The van der Waals surface area contributed by atoms with Crippen LogP contribution >= 0.6 is 0 Å². The van der Waals surface area contributed by atoms with E-state index in [1.54, 1.807) is 0 Å². The van der Waals surface area contributed by atoms with E-state index in [0.29, 0.717) is 6.54 Å². The Morgan fingerprint density at radius 2 is 1.94 bits per heavy atom. The number of hydrogen-bond acceptors (Lipinski definition) is 3. The lowest BCUT2D eigenvalue weighted by Gasteiger charge is -2.43. The molecule has 1 heterocycles. The van der Waals surface area contributed by atoms with Gasteiger partial charge in [-0.25, -0.2) is 0 Å². The topological polar surface area (TPSA) is 24.5 Å². The number of rotatable bonds is 3. The van der Waals surface area contributed by atoms with Crippen molar-refractivity contribution in [3.8, 4) is 0 Å². The molecule has 17 heavy (non-hydrogen) atoms. The summed E-state index contributed by atoms with van der Waals surface area (Å²) in [7, 11) is 0. The van der Waals surface area contributed by atoms with Crippen molar-refractivity contribution >= 4 is 0 Å². The summed E-state index contributed by atoms with van der Waals surface area (Å²) in [5.41, 5.74) is 0.0473. The first-order valence-corrected chi connectivity index (χ1v) is 5.85. The van der Waals surface area contributed by atoms with Gasteiger partial charge >= 0.3 is 6.36 Å². The molecule has 0 aliphatic carbocycles. The van der Waals surface area contributed by atoms with Crippen LogP contribution in [0.2, 0.25) is 0 Å². The quantitative estimate of drug-likeness (QED) is 0.831. The summed E-state index contributed by atoms with van der Waals surface area (Å²) in [4.78, 5) is 2.07. The van der Waals surface area contributed by atoms with Crippen LogP contribution in [0.5, 0.6) is 0 Å². The molecular formula is C11H21F3N2O. The maximum absolute atomic E-state index is 11.9. The molecule has 0 spiro atoms. The van der Waals surface area contributed by atoms with Crippen LogP contribution in [-0.4, -0.2) is 50.1 Å². The molecule has 0 bridgehead atoms. The van der Waals surface area contributed by atoms with Gasteiger partial charge in [-0.05, 0) is 5.41 Å². The van der Waals surface area contributed by atoms with Crippen LogP contribution in [0.3, 0.4) is 0 Å². The van der Waals surface area contributed by atoms with E-state index in [9.17, 15) is 13.2 Å². The normalized spacial score (nSPS) is 24.0. The summed E-state index contributed by atoms with van der Waals surface area (Å²) in [6.07, 6.45) is -4.52. The first-order valence-electron chi connectivity index (χ1n) is 5.85. The predicted molar refractivity (Wildman–Crippen MR) is 59.7 cm³/mol. The van der Waals surface area contributed by atoms with Crippen LogP contribution in [0.4, 0.5) is 13.2 Å². The van der Waals surface area contributed by atoms with Gasteiger partial charge in [-0.3, -0.25) is 9.64 Å². The van der Waals surface area contributed by atoms with Crippen molar-refractivity contribution in [1.82, 2.24) is 10.2 Å². The fourth-order valence-corrected chi connectivity index (χ4v) is 2.15. The Balaban J connectivity index is 2.44. The van der Waals surface area contributed by atoms with Crippen LogP contribution in [0.25, 0.3) is 0 Å². The van der Waals surface area contributed by atoms with Crippen LogP contribution < -0.4 is 5.32 Å². The molecule has 1 rings (SSSR count). The van der Waals surface area contributed by atoms with E-state index in [1.807, 2.05) is 0 Å². The standard InChI is InChI=1S/C11H21F3N2O/c1-10(2,3)9-8-15-4-5-16(9)6-7-17-11(12,13)14/h9,15H,4-8H2,1-3H3. The van der Waals surface area contributed by atoms with Gasteiger partial charge in [0.15, 0.2) is 0 Å². The molecule has 1 fully saturated rings. The van der Waals surface area contributed by atoms with E-state index >= 15 is 0 Å². The second kappa shape index (κ2) is 5.54. The molecule has 3 nitrogen and oxygen atoms in total. The van der Waals surface area contributed by atoms with Crippen molar-refractivity contribution in [2.45, 2.75) is 33.2 Å². The molecule has 0 amide bonds. The number of ether oxygens (including phenoxy) is 1. The molecule has 0 aromatic heterocycles. The van der Waals surface area contributed by atoms with Gasteiger partial charge in [0.25, 0.3) is 0 Å². The second-order valence-electron chi connectivity index (χ2n) is 5.42. The molecular weight excluding hydrogens is 233 g/mol. The highest BCUT2D eigenvalue weighted by molar-refractivity contribution is 4.88. The summed E-state index contributed by atoms with van der Waals surface area (Å²) in [6.45, 7) is 8.73.